The minimum Gasteiger partial charge on any atom is -0.306 e. The molecule has 3 heteroatoms. The second-order valence-corrected chi connectivity index (χ2v) is 6.18. The van der Waals surface area contributed by atoms with Gasteiger partial charge in [-0.2, -0.15) is 0 Å². The number of nitrogens with zero attached hydrogens (tertiary/aromatic N) is 2. The standard InChI is InChI=1S/C13H23N3/c1-12(2,3)9-13(4,5)16-8-11-6-7-14-10-15-11/h6-7,10,16H,8-9H2,1-5H3. The lowest BCUT2D eigenvalue weighted by molar-refractivity contribution is 0.240. The number of hydrogen-bond donors (Lipinski definition) is 1. The van der Waals surface area contributed by atoms with E-state index in [4.69, 9.17) is 0 Å². The van der Waals surface area contributed by atoms with Gasteiger partial charge in [0.05, 0.1) is 5.69 Å². The zero-order valence-electron chi connectivity index (χ0n) is 11.0. The molecule has 0 aliphatic heterocycles. The fourth-order valence-electron chi connectivity index (χ4n) is 2.14. The fourth-order valence-corrected chi connectivity index (χ4v) is 2.14. The van der Waals surface area contributed by atoms with E-state index in [9.17, 15) is 0 Å². The summed E-state index contributed by atoms with van der Waals surface area (Å²) in [4.78, 5) is 8.12. The monoisotopic (exact) mass is 221 g/mol. The number of rotatable bonds is 4. The van der Waals surface area contributed by atoms with Crippen LogP contribution in [-0.4, -0.2) is 15.5 Å². The molecule has 0 fully saturated rings. The third-order valence-corrected chi connectivity index (χ3v) is 2.36. The Morgan fingerprint density at radius 2 is 1.88 bits per heavy atom. The van der Waals surface area contributed by atoms with Crippen LogP contribution in [0.2, 0.25) is 0 Å². The molecule has 0 aromatic carbocycles. The van der Waals surface area contributed by atoms with Crippen LogP contribution in [0.15, 0.2) is 18.6 Å². The first-order valence-corrected chi connectivity index (χ1v) is 5.78. The second-order valence-electron chi connectivity index (χ2n) is 6.18. The lowest BCUT2D eigenvalue weighted by Crippen LogP contribution is -2.42. The SMILES string of the molecule is CC(C)(C)CC(C)(C)NCc1ccncn1. The van der Waals surface area contributed by atoms with Crippen LogP contribution in [0.4, 0.5) is 0 Å². The minimum atomic E-state index is 0.128. The van der Waals surface area contributed by atoms with Gasteiger partial charge in [0.1, 0.15) is 6.33 Å². The molecule has 3 nitrogen and oxygen atoms in total. The van der Waals surface area contributed by atoms with Gasteiger partial charge in [0, 0.05) is 18.3 Å². The molecule has 1 aromatic heterocycles. The van der Waals surface area contributed by atoms with Crippen molar-refractivity contribution in [2.45, 2.75) is 53.1 Å². The van der Waals surface area contributed by atoms with Crippen molar-refractivity contribution in [1.82, 2.24) is 15.3 Å². The molecule has 1 aromatic rings. The molecule has 1 N–H and O–H groups in total. The Bertz CT molecular complexity index is 312. The van der Waals surface area contributed by atoms with Gasteiger partial charge < -0.3 is 5.32 Å². The van der Waals surface area contributed by atoms with E-state index in [1.807, 2.05) is 6.07 Å². The molecular weight excluding hydrogens is 198 g/mol. The van der Waals surface area contributed by atoms with Gasteiger partial charge in [-0.25, -0.2) is 9.97 Å². The summed E-state index contributed by atoms with van der Waals surface area (Å²) >= 11 is 0. The molecule has 0 spiro atoms. The maximum atomic E-state index is 4.20. The van der Waals surface area contributed by atoms with Crippen molar-refractivity contribution in [3.8, 4) is 0 Å². The highest BCUT2D eigenvalue weighted by molar-refractivity contribution is 4.98. The molecule has 1 rings (SSSR count). The Labute approximate surface area is 98.7 Å². The summed E-state index contributed by atoms with van der Waals surface area (Å²) in [7, 11) is 0. The highest BCUT2D eigenvalue weighted by atomic mass is 15.0. The third kappa shape index (κ3) is 5.21. The Hall–Kier alpha value is -0.960. The first-order chi connectivity index (χ1) is 7.29. The first kappa shape index (κ1) is 13.1. The molecule has 16 heavy (non-hydrogen) atoms. The largest absolute Gasteiger partial charge is 0.306 e. The maximum Gasteiger partial charge on any atom is 0.115 e. The van der Waals surface area contributed by atoms with Crippen molar-refractivity contribution in [2.75, 3.05) is 0 Å². The summed E-state index contributed by atoms with van der Waals surface area (Å²) in [5.74, 6) is 0. The second kappa shape index (κ2) is 4.91. The van der Waals surface area contributed by atoms with Crippen molar-refractivity contribution in [3.05, 3.63) is 24.3 Å². The van der Waals surface area contributed by atoms with Gasteiger partial charge in [-0.15, -0.1) is 0 Å². The molecule has 0 saturated heterocycles. The Morgan fingerprint density at radius 3 is 2.38 bits per heavy atom. The molecule has 0 radical (unpaired) electrons. The highest BCUT2D eigenvalue weighted by Gasteiger charge is 2.24. The van der Waals surface area contributed by atoms with Gasteiger partial charge in [-0.3, -0.25) is 0 Å². The minimum absolute atomic E-state index is 0.128. The van der Waals surface area contributed by atoms with Crippen LogP contribution in [0, 0.1) is 5.41 Å². The summed E-state index contributed by atoms with van der Waals surface area (Å²) in [5.41, 5.74) is 1.50. The maximum absolute atomic E-state index is 4.20. The quantitative estimate of drug-likeness (QED) is 0.849. The Morgan fingerprint density at radius 1 is 1.19 bits per heavy atom. The molecule has 0 aliphatic carbocycles. The lowest BCUT2D eigenvalue weighted by atomic mass is 9.82. The average Bonchev–Trinajstić information content (AvgIpc) is 2.13. The summed E-state index contributed by atoms with van der Waals surface area (Å²) < 4.78 is 0. The molecule has 1 heterocycles. The average molecular weight is 221 g/mol. The first-order valence-electron chi connectivity index (χ1n) is 5.78. The van der Waals surface area contributed by atoms with E-state index in [0.29, 0.717) is 5.41 Å². The smallest absolute Gasteiger partial charge is 0.115 e. The summed E-state index contributed by atoms with van der Waals surface area (Å²) in [6.45, 7) is 12.1. The summed E-state index contributed by atoms with van der Waals surface area (Å²) in [5, 5.41) is 3.54. The van der Waals surface area contributed by atoms with E-state index in [0.717, 1.165) is 18.7 Å². The Kier molecular flexibility index (Phi) is 4.03. The molecular formula is C13H23N3. The molecule has 0 saturated carbocycles. The lowest BCUT2D eigenvalue weighted by Gasteiger charge is -2.33. The molecule has 0 bridgehead atoms. The third-order valence-electron chi connectivity index (χ3n) is 2.36. The zero-order valence-corrected chi connectivity index (χ0v) is 11.0. The molecule has 0 aliphatic rings. The molecule has 0 amide bonds. The summed E-state index contributed by atoms with van der Waals surface area (Å²) in [6, 6.07) is 1.94. The Balaban J connectivity index is 2.48. The molecule has 0 atom stereocenters. The van der Waals surface area contributed by atoms with Crippen molar-refractivity contribution in [1.29, 1.82) is 0 Å². The van der Waals surface area contributed by atoms with Gasteiger partial charge in [0.2, 0.25) is 0 Å². The van der Waals surface area contributed by atoms with Gasteiger partial charge >= 0.3 is 0 Å². The van der Waals surface area contributed by atoms with Crippen molar-refractivity contribution < 1.29 is 0 Å². The van der Waals surface area contributed by atoms with Crippen LogP contribution in [0.5, 0.6) is 0 Å². The van der Waals surface area contributed by atoms with E-state index < -0.39 is 0 Å². The van der Waals surface area contributed by atoms with E-state index in [1.54, 1.807) is 12.5 Å². The van der Waals surface area contributed by atoms with E-state index >= 15 is 0 Å². The van der Waals surface area contributed by atoms with Crippen LogP contribution in [0.25, 0.3) is 0 Å². The topological polar surface area (TPSA) is 37.8 Å². The van der Waals surface area contributed by atoms with E-state index in [2.05, 4.69) is 49.9 Å². The van der Waals surface area contributed by atoms with Gasteiger partial charge in [0.25, 0.3) is 0 Å². The van der Waals surface area contributed by atoms with E-state index in [1.165, 1.54) is 0 Å². The number of aromatic nitrogens is 2. The van der Waals surface area contributed by atoms with Crippen molar-refractivity contribution in [2.24, 2.45) is 5.41 Å². The number of nitrogens with one attached hydrogen (secondary N) is 1. The van der Waals surface area contributed by atoms with E-state index in [-0.39, 0.29) is 5.54 Å². The predicted molar refractivity (Wildman–Crippen MR) is 67.0 cm³/mol. The van der Waals surface area contributed by atoms with Crippen LogP contribution in [0.3, 0.4) is 0 Å². The van der Waals surface area contributed by atoms with Crippen LogP contribution in [-0.2, 0) is 6.54 Å². The van der Waals surface area contributed by atoms with Crippen molar-refractivity contribution >= 4 is 0 Å². The number of hydrogen-bond acceptors (Lipinski definition) is 3. The van der Waals surface area contributed by atoms with Gasteiger partial charge in [-0.05, 0) is 31.7 Å². The van der Waals surface area contributed by atoms with Gasteiger partial charge in [0.15, 0.2) is 0 Å². The van der Waals surface area contributed by atoms with Gasteiger partial charge in [-0.1, -0.05) is 20.8 Å². The van der Waals surface area contributed by atoms with Crippen LogP contribution >= 0.6 is 0 Å². The van der Waals surface area contributed by atoms with Crippen LogP contribution < -0.4 is 5.32 Å². The zero-order chi connectivity index (χ0) is 12.2. The highest BCUT2D eigenvalue weighted by Crippen LogP contribution is 2.26. The summed E-state index contributed by atoms with van der Waals surface area (Å²) in [6.07, 6.45) is 4.50. The fraction of sp³-hybridized carbons (Fsp3) is 0.692. The van der Waals surface area contributed by atoms with Crippen molar-refractivity contribution in [3.63, 3.8) is 0 Å². The molecule has 90 valence electrons. The van der Waals surface area contributed by atoms with Crippen LogP contribution in [0.1, 0.15) is 46.7 Å². The normalized spacial score (nSPS) is 12.8. The molecule has 0 unspecified atom stereocenters. The predicted octanol–water partition coefficient (Wildman–Crippen LogP) is 2.78.